The lowest BCUT2D eigenvalue weighted by molar-refractivity contribution is -0.345. The molecule has 0 saturated heterocycles. The molecular formula is C67H114N2. The molecule has 0 amide bonds. The fraction of sp³-hybridized carbons (Fsp3) is 0.761. The minimum absolute atomic E-state index is 1.03. The highest BCUT2D eigenvalue weighted by atomic mass is 15.2. The first-order chi connectivity index (χ1) is 34.0. The quantitative estimate of drug-likeness (QED) is 0.0467. The molecule has 2 heteroatoms. The summed E-state index contributed by atoms with van der Waals surface area (Å²) in [5.74, 6) is 0. The molecule has 0 radical (unpaired) electrons. The van der Waals surface area contributed by atoms with Crippen LogP contribution in [0.25, 0.3) is 16.9 Å². The van der Waals surface area contributed by atoms with Crippen LogP contribution in [0.4, 0.5) is 0 Å². The average Bonchev–Trinajstić information content (AvgIpc) is 3.63. The number of rotatable bonds is 47. The minimum atomic E-state index is 1.03. The predicted molar refractivity (Wildman–Crippen MR) is 309 cm³/mol. The van der Waals surface area contributed by atoms with E-state index in [1.807, 2.05) is 0 Å². The van der Waals surface area contributed by atoms with E-state index in [1.165, 1.54) is 282 Å². The zero-order valence-electron chi connectivity index (χ0n) is 47.2. The van der Waals surface area contributed by atoms with Crippen LogP contribution in [0.2, 0.25) is 0 Å². The predicted octanol–water partition coefficient (Wildman–Crippen LogP) is 23.1. The van der Waals surface area contributed by atoms with Crippen molar-refractivity contribution in [1.29, 1.82) is 0 Å². The van der Waals surface area contributed by atoms with Gasteiger partial charge in [-0.3, -0.25) is 0 Å². The van der Waals surface area contributed by atoms with E-state index >= 15 is 0 Å². The van der Waals surface area contributed by atoms with Crippen molar-refractivity contribution in [3.05, 3.63) is 86.5 Å². The fourth-order valence-corrected chi connectivity index (χ4v) is 11.3. The summed E-state index contributed by atoms with van der Waals surface area (Å²) in [7, 11) is 0. The monoisotopic (exact) mass is 947 g/mol. The van der Waals surface area contributed by atoms with Crippen LogP contribution in [0.15, 0.2) is 47.5 Å². The SMILES string of the molecule is CCCCCCCCCCCCCCCc1cc(CCCCCCCCCCCCCCC)cc(C2=C(CCCCC)C(CCCC)=C(c3cc(CCCCCC)cc(CCCCCC)c3)[N+]2=[N-])c1. The summed E-state index contributed by atoms with van der Waals surface area (Å²) in [5, 5.41) is 0. The van der Waals surface area contributed by atoms with Gasteiger partial charge in [0.25, 0.3) is 0 Å². The molecular weight excluding hydrogens is 833 g/mol. The number of aryl methyl sites for hydroxylation is 4. The Hall–Kier alpha value is -2.48. The van der Waals surface area contributed by atoms with Crippen molar-refractivity contribution in [2.45, 2.75) is 330 Å². The number of hydrogen-bond donors (Lipinski definition) is 0. The topological polar surface area (TPSA) is 25.3 Å². The standard InChI is InChI=1S/C67H114N2/c1-7-13-19-23-25-27-29-31-33-35-37-39-44-48-60-53-61(49-45-40-38-36-34-32-30-28-26-24-20-14-8-2)57-63(56-60)67-65(51-41-17-11-5)64(50-18-12-6)66(69(67)68)62-54-58(46-42-21-15-9-3)52-59(55-62)47-43-22-16-10-4/h52-57H,7-51H2,1-6H3. The Bertz CT molecular complexity index is 1580. The Morgan fingerprint density at radius 3 is 0.725 bits per heavy atom. The maximum absolute atomic E-state index is 12.9. The molecule has 0 atom stereocenters. The van der Waals surface area contributed by atoms with Gasteiger partial charge in [-0.1, -0.05) is 266 Å². The van der Waals surface area contributed by atoms with Crippen molar-refractivity contribution in [3.63, 3.8) is 0 Å². The molecule has 0 aromatic heterocycles. The Morgan fingerprint density at radius 2 is 0.449 bits per heavy atom. The van der Waals surface area contributed by atoms with Crippen LogP contribution in [-0.4, -0.2) is 4.70 Å². The molecule has 0 unspecified atom stereocenters. The van der Waals surface area contributed by atoms with Crippen LogP contribution >= 0.6 is 0 Å². The van der Waals surface area contributed by atoms with Gasteiger partial charge in [-0.2, -0.15) is 0 Å². The summed E-state index contributed by atoms with van der Waals surface area (Å²) in [4.78, 5) is 0. The lowest BCUT2D eigenvalue weighted by Gasteiger charge is -2.15. The van der Waals surface area contributed by atoms with E-state index in [4.69, 9.17) is 0 Å². The van der Waals surface area contributed by atoms with Crippen LogP contribution in [-0.2, 0) is 25.7 Å². The highest BCUT2D eigenvalue weighted by Gasteiger charge is 2.36. The minimum Gasteiger partial charge on any atom is -0.493 e. The maximum Gasteiger partial charge on any atom is 0.211 e. The summed E-state index contributed by atoms with van der Waals surface area (Å²) in [5.41, 5.74) is 26.4. The summed E-state index contributed by atoms with van der Waals surface area (Å²) < 4.78 is 1.72. The molecule has 0 N–H and O–H groups in total. The molecule has 1 heterocycles. The van der Waals surface area contributed by atoms with Gasteiger partial charge < -0.3 is 5.53 Å². The molecule has 69 heavy (non-hydrogen) atoms. The summed E-state index contributed by atoms with van der Waals surface area (Å²) in [6.45, 7) is 13.9. The van der Waals surface area contributed by atoms with Gasteiger partial charge in [-0.05, 0) is 124 Å². The van der Waals surface area contributed by atoms with Crippen molar-refractivity contribution in [2.75, 3.05) is 0 Å². The van der Waals surface area contributed by atoms with Gasteiger partial charge in [0.1, 0.15) is 0 Å². The van der Waals surface area contributed by atoms with E-state index in [0.29, 0.717) is 0 Å². The van der Waals surface area contributed by atoms with Crippen LogP contribution < -0.4 is 0 Å². The number of unbranched alkanes of at least 4 members (excludes halogenated alkanes) is 33. The number of allylic oxidation sites excluding steroid dienone is 2. The van der Waals surface area contributed by atoms with E-state index in [-0.39, 0.29) is 0 Å². The van der Waals surface area contributed by atoms with Crippen LogP contribution in [0.1, 0.15) is 338 Å². The van der Waals surface area contributed by atoms with E-state index in [9.17, 15) is 5.53 Å². The lowest BCUT2D eigenvalue weighted by Crippen LogP contribution is -2.05. The second kappa shape index (κ2) is 41.0. The largest absolute Gasteiger partial charge is 0.493 e. The first-order valence-corrected chi connectivity index (χ1v) is 31.2. The second-order valence-corrected chi connectivity index (χ2v) is 22.2. The summed E-state index contributed by atoms with van der Waals surface area (Å²) in [6, 6.07) is 15.1. The lowest BCUT2D eigenvalue weighted by atomic mass is 9.89. The smallest absolute Gasteiger partial charge is 0.211 e. The number of benzene rings is 2. The third kappa shape index (κ3) is 26.2. The zero-order valence-corrected chi connectivity index (χ0v) is 47.2. The summed E-state index contributed by atoms with van der Waals surface area (Å²) in [6.07, 6.45) is 59.1. The first kappa shape index (κ1) is 60.8. The van der Waals surface area contributed by atoms with Gasteiger partial charge in [0.05, 0.1) is 0 Å². The van der Waals surface area contributed by atoms with E-state index in [1.54, 1.807) is 4.70 Å². The van der Waals surface area contributed by atoms with E-state index in [2.05, 4.69) is 77.9 Å². The van der Waals surface area contributed by atoms with Gasteiger partial charge >= 0.3 is 0 Å². The number of hydrogen-bond acceptors (Lipinski definition) is 0. The molecule has 0 spiro atoms. The Balaban J connectivity index is 1.87. The number of nitrogens with zero attached hydrogens (tertiary/aromatic N) is 2. The van der Waals surface area contributed by atoms with Crippen LogP contribution in [0.5, 0.6) is 0 Å². The van der Waals surface area contributed by atoms with Gasteiger partial charge in [0.15, 0.2) is 0 Å². The summed E-state index contributed by atoms with van der Waals surface area (Å²) >= 11 is 0. The Kier molecular flexibility index (Phi) is 36.2. The van der Waals surface area contributed by atoms with E-state index < -0.39 is 0 Å². The molecule has 1 aliphatic heterocycles. The second-order valence-electron chi connectivity index (χ2n) is 22.2. The molecule has 0 fully saturated rings. The molecule has 0 saturated carbocycles. The molecule has 1 aliphatic rings. The molecule has 0 bridgehead atoms. The fourth-order valence-electron chi connectivity index (χ4n) is 11.3. The molecule has 392 valence electrons. The van der Waals surface area contributed by atoms with Gasteiger partial charge in [0.2, 0.25) is 11.4 Å². The van der Waals surface area contributed by atoms with Crippen molar-refractivity contribution in [3.8, 4) is 0 Å². The van der Waals surface area contributed by atoms with Gasteiger partial charge in [-0.15, -0.1) is 0 Å². The molecule has 2 nitrogen and oxygen atoms in total. The van der Waals surface area contributed by atoms with Gasteiger partial charge in [0, 0.05) is 22.3 Å². The van der Waals surface area contributed by atoms with Crippen LogP contribution in [0, 0.1) is 0 Å². The maximum atomic E-state index is 12.9. The van der Waals surface area contributed by atoms with Crippen molar-refractivity contribution in [1.82, 2.24) is 0 Å². The molecule has 3 rings (SSSR count). The average molecular weight is 948 g/mol. The van der Waals surface area contributed by atoms with Crippen LogP contribution in [0.3, 0.4) is 0 Å². The molecule has 2 aromatic rings. The first-order valence-electron chi connectivity index (χ1n) is 31.2. The highest BCUT2D eigenvalue weighted by molar-refractivity contribution is 5.82. The normalized spacial score (nSPS) is 13.0. The highest BCUT2D eigenvalue weighted by Crippen LogP contribution is 2.45. The third-order valence-corrected chi connectivity index (χ3v) is 15.6. The third-order valence-electron chi connectivity index (χ3n) is 15.6. The van der Waals surface area contributed by atoms with Crippen molar-refractivity contribution < 1.29 is 4.70 Å². The Labute approximate surface area is 431 Å². The molecule has 2 aromatic carbocycles. The van der Waals surface area contributed by atoms with E-state index in [0.717, 1.165) is 62.8 Å². The van der Waals surface area contributed by atoms with Crippen molar-refractivity contribution >= 4 is 11.4 Å². The van der Waals surface area contributed by atoms with Crippen molar-refractivity contribution in [2.24, 2.45) is 0 Å². The zero-order chi connectivity index (χ0) is 49.4. The molecule has 0 aliphatic carbocycles. The van der Waals surface area contributed by atoms with Gasteiger partial charge in [-0.25, -0.2) is 4.70 Å². The Morgan fingerprint density at radius 1 is 0.246 bits per heavy atom.